The summed E-state index contributed by atoms with van der Waals surface area (Å²) in [5.74, 6) is 0. The molecule has 0 saturated carbocycles. The third-order valence-corrected chi connectivity index (χ3v) is 5.71. The maximum Gasteiger partial charge on any atom is 0.265 e. The lowest BCUT2D eigenvalue weighted by molar-refractivity contribution is 0.594. The fraction of sp³-hybridized carbons (Fsp3) is 0.0714. The van der Waals surface area contributed by atoms with Crippen molar-refractivity contribution >= 4 is 37.3 Å². The Kier molecular flexibility index (Phi) is 4.21. The molecule has 0 bridgehead atoms. The summed E-state index contributed by atoms with van der Waals surface area (Å²) in [6.07, 6.45) is 0. The van der Waals surface area contributed by atoms with Crippen molar-refractivity contribution in [2.75, 3.05) is 17.1 Å². The molecule has 0 aliphatic carbocycles. The lowest BCUT2D eigenvalue weighted by Crippen LogP contribution is -2.27. The second-order valence-corrected chi connectivity index (χ2v) is 7.08. The fourth-order valence-electron chi connectivity index (χ4n) is 1.85. The van der Waals surface area contributed by atoms with Gasteiger partial charge in [-0.3, -0.25) is 4.31 Å². The highest BCUT2D eigenvalue weighted by Crippen LogP contribution is 2.30. The van der Waals surface area contributed by atoms with Gasteiger partial charge in [0.05, 0.1) is 11.3 Å². The molecule has 2 aromatic rings. The zero-order valence-corrected chi connectivity index (χ0v) is 13.5. The summed E-state index contributed by atoms with van der Waals surface area (Å²) in [5, 5.41) is 9.10. The molecule has 2 N–H and O–H groups in total. The van der Waals surface area contributed by atoms with E-state index in [1.165, 1.54) is 25.2 Å². The molecule has 0 aromatic heterocycles. The van der Waals surface area contributed by atoms with Crippen LogP contribution in [0.15, 0.2) is 51.8 Å². The van der Waals surface area contributed by atoms with Gasteiger partial charge in [-0.15, -0.1) is 0 Å². The zero-order valence-electron chi connectivity index (χ0n) is 11.1. The normalized spacial score (nSPS) is 10.9. The SMILES string of the molecule is CN(c1ccccc1C#N)S(=O)(=O)c1ccc(N)cc1Br. The molecule has 0 amide bonds. The molecular formula is C14H12BrN3O2S. The van der Waals surface area contributed by atoms with Gasteiger partial charge in [-0.25, -0.2) is 8.42 Å². The van der Waals surface area contributed by atoms with Gasteiger partial charge in [-0.1, -0.05) is 12.1 Å². The van der Waals surface area contributed by atoms with Crippen LogP contribution in [0.25, 0.3) is 0 Å². The quantitative estimate of drug-likeness (QED) is 0.847. The minimum atomic E-state index is -3.79. The molecule has 21 heavy (non-hydrogen) atoms. The van der Waals surface area contributed by atoms with Crippen LogP contribution in [0.3, 0.4) is 0 Å². The van der Waals surface area contributed by atoms with Crippen molar-refractivity contribution in [3.05, 3.63) is 52.5 Å². The molecule has 108 valence electrons. The molecule has 0 unspecified atom stereocenters. The number of anilines is 2. The van der Waals surface area contributed by atoms with Gasteiger partial charge < -0.3 is 5.73 Å². The molecule has 0 atom stereocenters. The first-order valence-electron chi connectivity index (χ1n) is 5.91. The second-order valence-electron chi connectivity index (χ2n) is 4.29. The first kappa shape index (κ1) is 15.4. The summed E-state index contributed by atoms with van der Waals surface area (Å²) < 4.78 is 26.8. The monoisotopic (exact) mass is 365 g/mol. The number of nitrogen functional groups attached to an aromatic ring is 1. The number of rotatable bonds is 3. The molecule has 7 heteroatoms. The van der Waals surface area contributed by atoms with Crippen LogP contribution >= 0.6 is 15.9 Å². The van der Waals surface area contributed by atoms with Gasteiger partial charge in [0.15, 0.2) is 0 Å². The Hall–Kier alpha value is -2.04. The molecule has 2 rings (SSSR count). The van der Waals surface area contributed by atoms with Crippen molar-refractivity contribution in [3.63, 3.8) is 0 Å². The minimum absolute atomic E-state index is 0.0898. The van der Waals surface area contributed by atoms with Crippen molar-refractivity contribution in [2.45, 2.75) is 4.90 Å². The summed E-state index contributed by atoms with van der Waals surface area (Å²) in [6, 6.07) is 13.0. The summed E-state index contributed by atoms with van der Waals surface area (Å²) in [6.45, 7) is 0. The average molecular weight is 366 g/mol. The molecule has 2 aromatic carbocycles. The maximum absolute atomic E-state index is 12.7. The molecule has 5 nitrogen and oxygen atoms in total. The van der Waals surface area contributed by atoms with Gasteiger partial charge in [-0.05, 0) is 46.3 Å². The summed E-state index contributed by atoms with van der Waals surface area (Å²) in [5.41, 5.74) is 6.69. The summed E-state index contributed by atoms with van der Waals surface area (Å²) in [7, 11) is -2.38. The fourth-order valence-corrected chi connectivity index (χ4v) is 4.11. The first-order valence-corrected chi connectivity index (χ1v) is 8.14. The largest absolute Gasteiger partial charge is 0.399 e. The Morgan fingerprint density at radius 1 is 1.24 bits per heavy atom. The standard InChI is InChI=1S/C14H12BrN3O2S/c1-18(13-5-3-2-4-10(13)9-16)21(19,20)14-7-6-11(17)8-12(14)15/h2-8H,17H2,1H3. The average Bonchev–Trinajstić information content (AvgIpc) is 2.46. The molecule has 0 saturated heterocycles. The van der Waals surface area contributed by atoms with E-state index < -0.39 is 10.0 Å². The van der Waals surface area contributed by atoms with E-state index in [-0.39, 0.29) is 10.5 Å². The molecule has 0 heterocycles. The van der Waals surface area contributed by atoms with E-state index in [1.54, 1.807) is 24.3 Å². The topological polar surface area (TPSA) is 87.2 Å². The summed E-state index contributed by atoms with van der Waals surface area (Å²) in [4.78, 5) is 0.0898. The van der Waals surface area contributed by atoms with Crippen molar-refractivity contribution in [2.24, 2.45) is 0 Å². The van der Waals surface area contributed by atoms with E-state index in [1.807, 2.05) is 6.07 Å². The Balaban J connectivity index is 2.56. The Bertz CT molecular complexity index is 828. The van der Waals surface area contributed by atoms with Crippen molar-refractivity contribution in [3.8, 4) is 6.07 Å². The van der Waals surface area contributed by atoms with Crippen LogP contribution in [0.4, 0.5) is 11.4 Å². The van der Waals surface area contributed by atoms with Crippen LogP contribution in [0.2, 0.25) is 0 Å². The van der Waals surface area contributed by atoms with E-state index in [0.717, 1.165) is 4.31 Å². The minimum Gasteiger partial charge on any atom is -0.399 e. The van der Waals surface area contributed by atoms with Gasteiger partial charge in [0.1, 0.15) is 11.0 Å². The Morgan fingerprint density at radius 2 is 1.90 bits per heavy atom. The zero-order chi connectivity index (χ0) is 15.6. The third kappa shape index (κ3) is 2.86. The molecule has 0 aliphatic rings. The highest BCUT2D eigenvalue weighted by molar-refractivity contribution is 9.10. The third-order valence-electron chi connectivity index (χ3n) is 2.96. The first-order chi connectivity index (χ1) is 9.87. The van der Waals surface area contributed by atoms with Crippen molar-refractivity contribution in [1.29, 1.82) is 5.26 Å². The molecule has 0 radical (unpaired) electrons. The number of hydrogen-bond acceptors (Lipinski definition) is 4. The van der Waals surface area contributed by atoms with E-state index in [0.29, 0.717) is 15.8 Å². The predicted octanol–water partition coefficient (Wildman–Crippen LogP) is 2.73. The van der Waals surface area contributed by atoms with Crippen LogP contribution < -0.4 is 10.0 Å². The Labute approximate surface area is 131 Å². The van der Waals surface area contributed by atoms with Gasteiger partial charge in [-0.2, -0.15) is 5.26 Å². The van der Waals surface area contributed by atoms with Gasteiger partial charge in [0.25, 0.3) is 10.0 Å². The van der Waals surface area contributed by atoms with Gasteiger partial charge in [0.2, 0.25) is 0 Å². The molecule has 0 fully saturated rings. The number of nitrogens with two attached hydrogens (primary N) is 1. The van der Waals surface area contributed by atoms with Gasteiger partial charge in [0, 0.05) is 17.2 Å². The van der Waals surface area contributed by atoms with Crippen LogP contribution in [0.1, 0.15) is 5.56 Å². The smallest absolute Gasteiger partial charge is 0.265 e. The highest BCUT2D eigenvalue weighted by Gasteiger charge is 2.25. The lowest BCUT2D eigenvalue weighted by Gasteiger charge is -2.21. The van der Waals surface area contributed by atoms with Gasteiger partial charge >= 0.3 is 0 Å². The van der Waals surface area contributed by atoms with Crippen LogP contribution in [-0.2, 0) is 10.0 Å². The molecule has 0 spiro atoms. The highest BCUT2D eigenvalue weighted by atomic mass is 79.9. The van der Waals surface area contributed by atoms with Crippen LogP contribution in [-0.4, -0.2) is 15.5 Å². The number of sulfonamides is 1. The number of halogens is 1. The Morgan fingerprint density at radius 3 is 2.52 bits per heavy atom. The number of nitrogens with zero attached hydrogens (tertiary/aromatic N) is 2. The number of nitriles is 1. The second kappa shape index (κ2) is 5.76. The van der Waals surface area contributed by atoms with Crippen molar-refractivity contribution < 1.29 is 8.42 Å². The number of hydrogen-bond donors (Lipinski definition) is 1. The summed E-state index contributed by atoms with van der Waals surface area (Å²) >= 11 is 3.21. The number of benzene rings is 2. The molecular weight excluding hydrogens is 354 g/mol. The molecule has 0 aliphatic heterocycles. The van der Waals surface area contributed by atoms with E-state index >= 15 is 0 Å². The van der Waals surface area contributed by atoms with E-state index in [2.05, 4.69) is 15.9 Å². The maximum atomic E-state index is 12.7. The lowest BCUT2D eigenvalue weighted by atomic mass is 10.2. The predicted molar refractivity (Wildman–Crippen MR) is 85.3 cm³/mol. The van der Waals surface area contributed by atoms with Crippen molar-refractivity contribution in [1.82, 2.24) is 0 Å². The number of para-hydroxylation sites is 1. The van der Waals surface area contributed by atoms with E-state index in [4.69, 9.17) is 11.0 Å². The van der Waals surface area contributed by atoms with E-state index in [9.17, 15) is 8.42 Å². The van der Waals surface area contributed by atoms with Crippen LogP contribution in [0, 0.1) is 11.3 Å². The van der Waals surface area contributed by atoms with Crippen LogP contribution in [0.5, 0.6) is 0 Å².